The molecule has 0 aromatic carbocycles. The third-order valence-corrected chi connectivity index (χ3v) is 7.51. The highest BCUT2D eigenvalue weighted by Crippen LogP contribution is 2.48. The van der Waals surface area contributed by atoms with Gasteiger partial charge >= 0.3 is 0 Å². The molecule has 82 valence electrons. The Balaban J connectivity index is 2.58. The van der Waals surface area contributed by atoms with Crippen molar-refractivity contribution in [2.45, 2.75) is 39.4 Å². The Hall–Kier alpha value is -0.0531. The first kappa shape index (κ1) is 11.4. The zero-order valence-electron chi connectivity index (χ0n) is 9.94. The van der Waals surface area contributed by atoms with E-state index in [1.807, 2.05) is 11.3 Å². The van der Waals surface area contributed by atoms with E-state index in [1.54, 1.807) is 0 Å². The highest BCUT2D eigenvalue weighted by molar-refractivity contribution is 7.22. The molecule has 0 saturated carbocycles. The zero-order chi connectivity index (χ0) is 11.4. The summed E-state index contributed by atoms with van der Waals surface area (Å²) in [6, 6.07) is 0. The molecule has 0 amide bonds. The van der Waals surface area contributed by atoms with Gasteiger partial charge < -0.3 is 0 Å². The van der Waals surface area contributed by atoms with Crippen LogP contribution in [0.2, 0.25) is 13.1 Å². The summed E-state index contributed by atoms with van der Waals surface area (Å²) in [5.74, 6) is 0. The summed E-state index contributed by atoms with van der Waals surface area (Å²) >= 11 is 8.57. The lowest BCUT2D eigenvalue weighted by atomic mass is 10.1. The van der Waals surface area contributed by atoms with E-state index in [2.05, 4.69) is 39.9 Å². The second kappa shape index (κ2) is 3.47. The Morgan fingerprint density at radius 2 is 1.87 bits per heavy atom. The summed E-state index contributed by atoms with van der Waals surface area (Å²) in [5.41, 5.74) is 4.91. The van der Waals surface area contributed by atoms with Crippen LogP contribution >= 0.6 is 22.4 Å². The fraction of sp³-hybridized carbons (Fsp3) is 0.500. The van der Waals surface area contributed by atoms with Gasteiger partial charge in [-0.15, -0.1) is 11.3 Å². The Morgan fingerprint density at radius 3 is 2.40 bits per heavy atom. The largest absolute Gasteiger partial charge is 0.167 e. The molecule has 0 bridgehead atoms. The molecule has 1 aliphatic carbocycles. The highest BCUT2D eigenvalue weighted by Gasteiger charge is 2.38. The van der Waals surface area contributed by atoms with E-state index in [4.69, 9.17) is 11.1 Å². The van der Waals surface area contributed by atoms with E-state index in [-0.39, 0.29) is 0 Å². The summed E-state index contributed by atoms with van der Waals surface area (Å²) in [6.07, 6.45) is 2.34. The van der Waals surface area contributed by atoms with E-state index < -0.39 is 7.38 Å². The first-order chi connectivity index (χ1) is 6.82. The normalized spacial score (nSPS) is 20.4. The van der Waals surface area contributed by atoms with Crippen LogP contribution in [0, 0.1) is 13.8 Å². The van der Waals surface area contributed by atoms with Gasteiger partial charge in [0.1, 0.15) is 0 Å². The molecule has 0 spiro atoms. The van der Waals surface area contributed by atoms with Crippen molar-refractivity contribution in [3.05, 3.63) is 26.5 Å². The fourth-order valence-electron chi connectivity index (χ4n) is 2.44. The van der Waals surface area contributed by atoms with Crippen LogP contribution in [0.25, 0.3) is 6.08 Å². The third-order valence-electron chi connectivity index (χ3n) is 3.24. The SMILES string of the molecule is CC1=Cc2c(sc(C)c2C)C1[Si](C)(C)Cl. The van der Waals surface area contributed by atoms with Gasteiger partial charge in [0.05, 0.1) is 0 Å². The van der Waals surface area contributed by atoms with Crippen molar-refractivity contribution in [3.63, 3.8) is 0 Å². The summed E-state index contributed by atoms with van der Waals surface area (Å²) in [6.45, 7) is 11.1. The molecule has 15 heavy (non-hydrogen) atoms. The van der Waals surface area contributed by atoms with Crippen molar-refractivity contribution in [1.82, 2.24) is 0 Å². The Morgan fingerprint density at radius 1 is 1.27 bits per heavy atom. The molecule has 2 rings (SSSR count). The first-order valence-corrected chi connectivity index (χ1v) is 10.2. The minimum atomic E-state index is -1.63. The molecule has 0 fully saturated rings. The maximum absolute atomic E-state index is 6.63. The van der Waals surface area contributed by atoms with Crippen LogP contribution in [-0.2, 0) is 0 Å². The fourth-order valence-corrected chi connectivity index (χ4v) is 7.70. The number of hydrogen-bond donors (Lipinski definition) is 0. The van der Waals surface area contributed by atoms with Gasteiger partial charge in [0.25, 0.3) is 0 Å². The summed E-state index contributed by atoms with van der Waals surface area (Å²) in [7, 11) is -1.63. The molecule has 0 radical (unpaired) electrons. The van der Waals surface area contributed by atoms with Crippen LogP contribution < -0.4 is 0 Å². The average molecular weight is 257 g/mol. The van der Waals surface area contributed by atoms with Crippen LogP contribution in [0.4, 0.5) is 0 Å². The van der Waals surface area contributed by atoms with Crippen molar-refractivity contribution in [1.29, 1.82) is 0 Å². The van der Waals surface area contributed by atoms with Gasteiger partial charge in [0.15, 0.2) is 7.38 Å². The standard InChI is InChI=1S/C12H17ClSSi/c1-7-6-10-8(2)9(3)14-11(10)12(7)15(4,5)13/h6,12H,1-5H3. The van der Waals surface area contributed by atoms with E-state index in [9.17, 15) is 0 Å². The average Bonchev–Trinajstić information content (AvgIpc) is 2.50. The molecule has 1 aliphatic rings. The molecule has 1 aromatic rings. The molecule has 3 heteroatoms. The van der Waals surface area contributed by atoms with E-state index in [1.165, 1.54) is 26.5 Å². The lowest BCUT2D eigenvalue weighted by Gasteiger charge is -2.23. The number of thiophene rings is 1. The molecule has 0 nitrogen and oxygen atoms in total. The van der Waals surface area contributed by atoms with Crippen LogP contribution in [0.3, 0.4) is 0 Å². The third kappa shape index (κ3) is 1.73. The Labute approximate surface area is 102 Å². The molecular formula is C12H17ClSSi. The Bertz CT molecular complexity index is 437. The molecule has 0 aliphatic heterocycles. The lowest BCUT2D eigenvalue weighted by molar-refractivity contribution is 1.13. The van der Waals surface area contributed by atoms with Crippen molar-refractivity contribution < 1.29 is 0 Å². The van der Waals surface area contributed by atoms with Gasteiger partial charge in [-0.25, -0.2) is 0 Å². The second-order valence-corrected chi connectivity index (χ2v) is 12.8. The van der Waals surface area contributed by atoms with Crippen LogP contribution in [-0.4, -0.2) is 7.38 Å². The lowest BCUT2D eigenvalue weighted by Crippen LogP contribution is -2.27. The Kier molecular flexibility index (Phi) is 2.65. The number of rotatable bonds is 1. The topological polar surface area (TPSA) is 0 Å². The number of halogens is 1. The predicted molar refractivity (Wildman–Crippen MR) is 73.5 cm³/mol. The summed E-state index contributed by atoms with van der Waals surface area (Å²) < 4.78 is 0. The van der Waals surface area contributed by atoms with Crippen LogP contribution in [0.15, 0.2) is 5.57 Å². The number of allylic oxidation sites excluding steroid dienone is 1. The van der Waals surface area contributed by atoms with E-state index in [0.717, 1.165) is 0 Å². The minimum Gasteiger partial charge on any atom is -0.167 e. The van der Waals surface area contributed by atoms with Gasteiger partial charge in [-0.05, 0) is 31.9 Å². The van der Waals surface area contributed by atoms with E-state index >= 15 is 0 Å². The van der Waals surface area contributed by atoms with Gasteiger partial charge in [-0.2, -0.15) is 11.1 Å². The molecule has 0 N–H and O–H groups in total. The maximum Gasteiger partial charge on any atom is 0.162 e. The van der Waals surface area contributed by atoms with Crippen molar-refractivity contribution in [3.8, 4) is 0 Å². The molecule has 1 aromatic heterocycles. The van der Waals surface area contributed by atoms with Gasteiger partial charge in [-0.3, -0.25) is 0 Å². The monoisotopic (exact) mass is 256 g/mol. The van der Waals surface area contributed by atoms with Crippen molar-refractivity contribution in [2.24, 2.45) is 0 Å². The van der Waals surface area contributed by atoms with Crippen LogP contribution in [0.1, 0.15) is 33.3 Å². The van der Waals surface area contributed by atoms with E-state index in [0.29, 0.717) is 5.54 Å². The maximum atomic E-state index is 6.63. The smallest absolute Gasteiger partial charge is 0.162 e. The molecule has 0 saturated heterocycles. The van der Waals surface area contributed by atoms with Crippen molar-refractivity contribution >= 4 is 35.9 Å². The van der Waals surface area contributed by atoms with Gasteiger partial charge in [0, 0.05) is 15.3 Å². The minimum absolute atomic E-state index is 0.534. The zero-order valence-corrected chi connectivity index (χ0v) is 12.5. The number of aryl methyl sites for hydroxylation is 1. The summed E-state index contributed by atoms with van der Waals surface area (Å²) in [4.78, 5) is 2.97. The number of fused-ring (bicyclic) bond motifs is 1. The molecule has 1 atom stereocenters. The summed E-state index contributed by atoms with van der Waals surface area (Å²) in [5, 5.41) is 0. The predicted octanol–water partition coefficient (Wildman–Crippen LogP) is 4.85. The first-order valence-electron chi connectivity index (χ1n) is 5.29. The van der Waals surface area contributed by atoms with Gasteiger partial charge in [-0.1, -0.05) is 24.7 Å². The van der Waals surface area contributed by atoms with Crippen LogP contribution in [0.5, 0.6) is 0 Å². The molecule has 1 unspecified atom stereocenters. The molecular weight excluding hydrogens is 240 g/mol. The second-order valence-electron chi connectivity index (χ2n) is 4.95. The number of hydrogen-bond acceptors (Lipinski definition) is 1. The quantitative estimate of drug-likeness (QED) is 0.498. The van der Waals surface area contributed by atoms with Gasteiger partial charge in [0.2, 0.25) is 0 Å². The highest BCUT2D eigenvalue weighted by atomic mass is 35.6. The van der Waals surface area contributed by atoms with Crippen molar-refractivity contribution in [2.75, 3.05) is 0 Å². The molecule has 1 heterocycles.